The van der Waals surface area contributed by atoms with Crippen LogP contribution in [-0.4, -0.2) is 51.2 Å². The highest BCUT2D eigenvalue weighted by atomic mass is 32.2. The van der Waals surface area contributed by atoms with Crippen LogP contribution in [-0.2, 0) is 19.6 Å². The summed E-state index contributed by atoms with van der Waals surface area (Å²) >= 11 is 0. The molecular weight excluding hydrogens is 462 g/mol. The molecule has 0 unspecified atom stereocenters. The van der Waals surface area contributed by atoms with E-state index in [0.29, 0.717) is 11.3 Å². The number of sulfonamides is 1. The molecule has 0 fully saturated rings. The first kappa shape index (κ1) is 24.7. The van der Waals surface area contributed by atoms with Gasteiger partial charge in [0.1, 0.15) is 0 Å². The summed E-state index contributed by atoms with van der Waals surface area (Å²) < 4.78 is 35.7. The Labute approximate surface area is 196 Å². The SMILES string of the molecule is Cc1ccc(C(=O)OCC(=O)Nc2cccc(S(=O)(=O)N(C)C)c2)cc1NC(=O)c1ccco1. The van der Waals surface area contributed by atoms with Gasteiger partial charge in [-0.25, -0.2) is 17.5 Å². The third-order valence-electron chi connectivity index (χ3n) is 4.70. The lowest BCUT2D eigenvalue weighted by Crippen LogP contribution is -2.23. The minimum atomic E-state index is -3.67. The molecule has 0 radical (unpaired) electrons. The van der Waals surface area contributed by atoms with Crippen molar-refractivity contribution < 1.29 is 32.0 Å². The van der Waals surface area contributed by atoms with Gasteiger partial charge in [-0.3, -0.25) is 9.59 Å². The Kier molecular flexibility index (Phi) is 7.49. The van der Waals surface area contributed by atoms with E-state index in [-0.39, 0.29) is 21.9 Å². The normalized spacial score (nSPS) is 11.2. The third kappa shape index (κ3) is 5.88. The number of carbonyl (C=O) groups is 3. The standard InChI is InChI=1S/C23H23N3O7S/c1-15-9-10-16(12-19(15)25-22(28)20-8-5-11-32-20)23(29)33-14-21(27)24-17-6-4-7-18(13-17)34(30,31)26(2)3/h4-13H,14H2,1-3H3,(H,24,27)(H,25,28). The van der Waals surface area contributed by atoms with Crippen molar-refractivity contribution in [1.29, 1.82) is 0 Å². The van der Waals surface area contributed by atoms with Gasteiger partial charge in [-0.15, -0.1) is 0 Å². The zero-order valence-electron chi connectivity index (χ0n) is 18.7. The highest BCUT2D eigenvalue weighted by Gasteiger charge is 2.18. The van der Waals surface area contributed by atoms with E-state index in [1.54, 1.807) is 19.1 Å². The molecule has 0 bridgehead atoms. The largest absolute Gasteiger partial charge is 0.459 e. The monoisotopic (exact) mass is 485 g/mol. The maximum Gasteiger partial charge on any atom is 0.338 e. The van der Waals surface area contributed by atoms with Gasteiger partial charge < -0.3 is 19.8 Å². The highest BCUT2D eigenvalue weighted by Crippen LogP contribution is 2.20. The average Bonchev–Trinajstić information content (AvgIpc) is 3.34. The van der Waals surface area contributed by atoms with Crippen LogP contribution in [0.3, 0.4) is 0 Å². The van der Waals surface area contributed by atoms with Gasteiger partial charge in [0.25, 0.3) is 11.8 Å². The lowest BCUT2D eigenvalue weighted by molar-refractivity contribution is -0.119. The summed E-state index contributed by atoms with van der Waals surface area (Å²) in [6.07, 6.45) is 1.37. The Bertz CT molecular complexity index is 1320. The molecule has 1 heterocycles. The summed E-state index contributed by atoms with van der Waals surface area (Å²) in [4.78, 5) is 36.9. The van der Waals surface area contributed by atoms with Gasteiger partial charge >= 0.3 is 5.97 Å². The molecule has 0 aliphatic heterocycles. The fourth-order valence-electron chi connectivity index (χ4n) is 2.83. The molecule has 1 aromatic heterocycles. The molecule has 178 valence electrons. The molecule has 3 rings (SSSR count). The van der Waals surface area contributed by atoms with Crippen LogP contribution in [0.25, 0.3) is 0 Å². The van der Waals surface area contributed by atoms with E-state index < -0.39 is 34.4 Å². The van der Waals surface area contributed by atoms with E-state index >= 15 is 0 Å². The van der Waals surface area contributed by atoms with Crippen molar-refractivity contribution in [3.8, 4) is 0 Å². The number of rotatable bonds is 8. The Morgan fingerprint density at radius 3 is 2.44 bits per heavy atom. The van der Waals surface area contributed by atoms with Crippen molar-refractivity contribution in [3.05, 3.63) is 77.7 Å². The van der Waals surface area contributed by atoms with Gasteiger partial charge in [-0.05, 0) is 55.0 Å². The van der Waals surface area contributed by atoms with Crippen LogP contribution >= 0.6 is 0 Å². The lowest BCUT2D eigenvalue weighted by atomic mass is 10.1. The second-order valence-corrected chi connectivity index (χ2v) is 9.55. The summed E-state index contributed by atoms with van der Waals surface area (Å²) in [7, 11) is -0.863. The second-order valence-electron chi connectivity index (χ2n) is 7.40. The van der Waals surface area contributed by atoms with Crippen molar-refractivity contribution in [2.45, 2.75) is 11.8 Å². The number of benzene rings is 2. The Morgan fingerprint density at radius 2 is 1.76 bits per heavy atom. The summed E-state index contributed by atoms with van der Waals surface area (Å²) in [5.74, 6) is -1.78. The van der Waals surface area contributed by atoms with Crippen LogP contribution in [0.15, 0.2) is 70.2 Å². The van der Waals surface area contributed by atoms with Gasteiger partial charge in [-0.1, -0.05) is 12.1 Å². The summed E-state index contributed by atoms with van der Waals surface area (Å²) in [6, 6.07) is 13.4. The van der Waals surface area contributed by atoms with Crippen molar-refractivity contribution in [3.63, 3.8) is 0 Å². The van der Waals surface area contributed by atoms with Crippen LogP contribution in [0.1, 0.15) is 26.5 Å². The molecule has 0 saturated heterocycles. The van der Waals surface area contributed by atoms with Crippen molar-refractivity contribution in [2.75, 3.05) is 31.3 Å². The molecule has 2 N–H and O–H groups in total. The van der Waals surface area contributed by atoms with E-state index in [1.807, 2.05) is 0 Å². The maximum atomic E-state index is 12.4. The van der Waals surface area contributed by atoms with Gasteiger partial charge in [0, 0.05) is 25.5 Å². The molecule has 0 aliphatic carbocycles. The van der Waals surface area contributed by atoms with Crippen molar-refractivity contribution >= 4 is 39.2 Å². The van der Waals surface area contributed by atoms with Gasteiger partial charge in [0.2, 0.25) is 10.0 Å². The summed E-state index contributed by atoms with van der Waals surface area (Å²) in [6.45, 7) is 1.16. The van der Waals surface area contributed by atoms with Gasteiger partial charge in [0.05, 0.1) is 16.7 Å². The van der Waals surface area contributed by atoms with Crippen LogP contribution in [0.4, 0.5) is 11.4 Å². The molecule has 2 aromatic carbocycles. The predicted molar refractivity (Wildman–Crippen MR) is 124 cm³/mol. The van der Waals surface area contributed by atoms with E-state index in [0.717, 1.165) is 4.31 Å². The number of esters is 1. The number of nitrogens with one attached hydrogen (secondary N) is 2. The van der Waals surface area contributed by atoms with Crippen molar-refractivity contribution in [1.82, 2.24) is 4.31 Å². The molecular formula is C23H23N3O7S. The summed E-state index contributed by atoms with van der Waals surface area (Å²) in [5, 5.41) is 5.15. The van der Waals surface area contributed by atoms with Gasteiger partial charge in [-0.2, -0.15) is 0 Å². The Hall–Kier alpha value is -3.96. The second kappa shape index (κ2) is 10.3. The smallest absolute Gasteiger partial charge is 0.338 e. The van der Waals surface area contributed by atoms with E-state index in [1.165, 1.54) is 62.8 Å². The topological polar surface area (TPSA) is 135 Å². The lowest BCUT2D eigenvalue weighted by Gasteiger charge is -2.13. The molecule has 0 atom stereocenters. The minimum Gasteiger partial charge on any atom is -0.459 e. The number of nitrogens with zero attached hydrogens (tertiary/aromatic N) is 1. The van der Waals surface area contributed by atoms with Crippen LogP contribution in [0.2, 0.25) is 0 Å². The van der Waals surface area contributed by atoms with Crippen LogP contribution in [0, 0.1) is 6.92 Å². The van der Waals surface area contributed by atoms with E-state index in [4.69, 9.17) is 9.15 Å². The third-order valence-corrected chi connectivity index (χ3v) is 6.51. The zero-order chi connectivity index (χ0) is 24.9. The molecule has 0 spiro atoms. The molecule has 11 heteroatoms. The zero-order valence-corrected chi connectivity index (χ0v) is 19.5. The molecule has 2 amide bonds. The molecule has 0 saturated carbocycles. The number of aryl methyl sites for hydroxylation is 1. The number of hydrogen-bond acceptors (Lipinski definition) is 7. The Balaban J connectivity index is 1.61. The average molecular weight is 486 g/mol. The molecule has 0 aliphatic rings. The fourth-order valence-corrected chi connectivity index (χ4v) is 3.78. The first-order chi connectivity index (χ1) is 16.1. The van der Waals surface area contributed by atoms with E-state index in [9.17, 15) is 22.8 Å². The molecule has 34 heavy (non-hydrogen) atoms. The maximum absolute atomic E-state index is 12.4. The minimum absolute atomic E-state index is 0.0103. The van der Waals surface area contributed by atoms with Crippen LogP contribution in [0.5, 0.6) is 0 Å². The van der Waals surface area contributed by atoms with Gasteiger partial charge in [0.15, 0.2) is 12.4 Å². The number of amides is 2. The number of anilines is 2. The molecule has 3 aromatic rings. The Morgan fingerprint density at radius 1 is 1.00 bits per heavy atom. The fraction of sp³-hybridized carbons (Fsp3) is 0.174. The van der Waals surface area contributed by atoms with Crippen LogP contribution < -0.4 is 10.6 Å². The number of hydrogen-bond donors (Lipinski definition) is 2. The first-order valence-corrected chi connectivity index (χ1v) is 11.5. The van der Waals surface area contributed by atoms with Crippen molar-refractivity contribution in [2.24, 2.45) is 0 Å². The number of carbonyl (C=O) groups excluding carboxylic acids is 3. The molecule has 10 nitrogen and oxygen atoms in total. The number of furan rings is 1. The summed E-state index contributed by atoms with van der Waals surface area (Å²) in [5.41, 5.74) is 1.47. The highest BCUT2D eigenvalue weighted by molar-refractivity contribution is 7.89. The number of ether oxygens (including phenoxy) is 1. The van der Waals surface area contributed by atoms with E-state index in [2.05, 4.69) is 10.6 Å². The predicted octanol–water partition coefficient (Wildman–Crippen LogP) is 2.89. The first-order valence-electron chi connectivity index (χ1n) is 10.0. The quantitative estimate of drug-likeness (QED) is 0.468.